The molecule has 0 radical (unpaired) electrons. The molecular formula is C10H15N2O3P. The number of hydrogen-bond donors (Lipinski definition) is 0. The van der Waals surface area contributed by atoms with Gasteiger partial charge in [0.25, 0.3) is 0 Å². The lowest BCUT2D eigenvalue weighted by Gasteiger charge is -2.12. The van der Waals surface area contributed by atoms with Gasteiger partial charge in [0.2, 0.25) is 0 Å². The maximum absolute atomic E-state index is 12.0. The van der Waals surface area contributed by atoms with Crippen molar-refractivity contribution in [1.29, 1.82) is 0 Å². The van der Waals surface area contributed by atoms with Crippen molar-refractivity contribution in [3.63, 3.8) is 0 Å². The molecule has 0 N–H and O–H groups in total. The summed E-state index contributed by atoms with van der Waals surface area (Å²) in [5, 5.41) is 0. The molecular weight excluding hydrogens is 227 g/mol. The summed E-state index contributed by atoms with van der Waals surface area (Å²) in [5.41, 5.74) is 0.613. The van der Waals surface area contributed by atoms with E-state index in [2.05, 4.69) is 9.97 Å². The van der Waals surface area contributed by atoms with Gasteiger partial charge >= 0.3 is 7.60 Å². The van der Waals surface area contributed by atoms with Crippen LogP contribution in [0.2, 0.25) is 0 Å². The van der Waals surface area contributed by atoms with E-state index >= 15 is 0 Å². The van der Waals surface area contributed by atoms with Gasteiger partial charge in [-0.15, -0.1) is 0 Å². The lowest BCUT2D eigenvalue weighted by Crippen LogP contribution is -1.92. The third-order valence-corrected chi connectivity index (χ3v) is 3.38. The van der Waals surface area contributed by atoms with Crippen molar-refractivity contribution in [1.82, 2.24) is 9.97 Å². The largest absolute Gasteiger partial charge is 0.354 e. The van der Waals surface area contributed by atoms with Crippen molar-refractivity contribution in [2.45, 2.75) is 13.8 Å². The zero-order chi connectivity index (χ0) is 11.9. The highest BCUT2D eigenvalue weighted by molar-refractivity contribution is 7.57. The van der Waals surface area contributed by atoms with Crippen molar-refractivity contribution >= 4 is 13.7 Å². The minimum absolute atomic E-state index is 0.335. The average Bonchev–Trinajstić information content (AvgIpc) is 2.29. The summed E-state index contributed by atoms with van der Waals surface area (Å²) < 4.78 is 22.2. The van der Waals surface area contributed by atoms with Crippen LogP contribution in [-0.4, -0.2) is 23.2 Å². The molecule has 0 unspecified atom stereocenters. The van der Waals surface area contributed by atoms with Gasteiger partial charge < -0.3 is 9.05 Å². The van der Waals surface area contributed by atoms with E-state index < -0.39 is 7.60 Å². The molecule has 1 rings (SSSR count). The highest BCUT2D eigenvalue weighted by Crippen LogP contribution is 2.49. The maximum Gasteiger partial charge on any atom is 0.354 e. The highest BCUT2D eigenvalue weighted by atomic mass is 31.2. The molecule has 0 atom stereocenters. The molecule has 0 saturated heterocycles. The van der Waals surface area contributed by atoms with E-state index in [1.54, 1.807) is 38.5 Å². The van der Waals surface area contributed by atoms with Crippen LogP contribution in [0.3, 0.4) is 0 Å². The van der Waals surface area contributed by atoms with Crippen molar-refractivity contribution in [3.05, 3.63) is 30.1 Å². The van der Waals surface area contributed by atoms with E-state index in [4.69, 9.17) is 9.05 Å². The molecule has 0 aromatic carbocycles. The van der Waals surface area contributed by atoms with Crippen LogP contribution in [0.5, 0.6) is 0 Å². The quantitative estimate of drug-likeness (QED) is 0.718. The zero-order valence-electron chi connectivity index (χ0n) is 9.37. The van der Waals surface area contributed by atoms with Gasteiger partial charge in [0.05, 0.1) is 25.1 Å². The summed E-state index contributed by atoms with van der Waals surface area (Å²) in [6.45, 7) is 4.20. The predicted octanol–water partition coefficient (Wildman–Crippen LogP) is 2.71. The van der Waals surface area contributed by atoms with Gasteiger partial charge in [-0.25, -0.2) is 0 Å². The minimum atomic E-state index is -3.13. The Morgan fingerprint density at radius 2 is 2.00 bits per heavy atom. The van der Waals surface area contributed by atoms with E-state index in [1.165, 1.54) is 5.82 Å². The van der Waals surface area contributed by atoms with Crippen LogP contribution in [0.1, 0.15) is 19.5 Å². The predicted molar refractivity (Wildman–Crippen MR) is 61.9 cm³/mol. The van der Waals surface area contributed by atoms with Gasteiger partial charge in [0.15, 0.2) is 0 Å². The van der Waals surface area contributed by atoms with Gasteiger partial charge in [-0.2, -0.15) is 0 Å². The Labute approximate surface area is 95.1 Å². The van der Waals surface area contributed by atoms with Crippen molar-refractivity contribution in [2.75, 3.05) is 13.2 Å². The third kappa shape index (κ3) is 4.23. The van der Waals surface area contributed by atoms with Crippen molar-refractivity contribution in [3.8, 4) is 0 Å². The van der Waals surface area contributed by atoms with Gasteiger partial charge in [-0.3, -0.25) is 14.5 Å². The minimum Gasteiger partial charge on any atom is -0.306 e. The number of hydrogen-bond acceptors (Lipinski definition) is 5. The van der Waals surface area contributed by atoms with E-state index in [0.29, 0.717) is 18.9 Å². The molecule has 0 bridgehead atoms. The molecule has 1 aromatic rings. The fraction of sp³-hybridized carbons (Fsp3) is 0.400. The summed E-state index contributed by atoms with van der Waals surface area (Å²) in [4.78, 5) is 7.91. The van der Waals surface area contributed by atoms with Crippen LogP contribution < -0.4 is 0 Å². The topological polar surface area (TPSA) is 61.3 Å². The summed E-state index contributed by atoms with van der Waals surface area (Å²) in [6, 6.07) is 0. The Morgan fingerprint density at radius 3 is 2.50 bits per heavy atom. The molecule has 16 heavy (non-hydrogen) atoms. The van der Waals surface area contributed by atoms with E-state index in [9.17, 15) is 4.57 Å². The van der Waals surface area contributed by atoms with Crippen LogP contribution in [0, 0.1) is 0 Å². The van der Waals surface area contributed by atoms with Gasteiger partial charge in [-0.1, -0.05) is 0 Å². The second kappa shape index (κ2) is 6.53. The average molecular weight is 242 g/mol. The molecule has 0 fully saturated rings. The van der Waals surface area contributed by atoms with Crippen molar-refractivity contribution in [2.24, 2.45) is 0 Å². The number of nitrogens with zero attached hydrogens (tertiary/aromatic N) is 2. The molecule has 0 saturated carbocycles. The Balaban J connectivity index is 2.75. The van der Waals surface area contributed by atoms with Crippen LogP contribution in [0.4, 0.5) is 0 Å². The van der Waals surface area contributed by atoms with Crippen LogP contribution in [-0.2, 0) is 13.6 Å². The molecule has 6 heteroatoms. The van der Waals surface area contributed by atoms with Gasteiger partial charge in [-0.05, 0) is 19.9 Å². The normalized spacial score (nSPS) is 12.1. The first-order chi connectivity index (χ1) is 7.70. The number of aromatic nitrogens is 2. The fourth-order valence-electron chi connectivity index (χ4n) is 1.05. The third-order valence-electron chi connectivity index (χ3n) is 1.63. The maximum atomic E-state index is 12.0. The lowest BCUT2D eigenvalue weighted by molar-refractivity contribution is 0.229. The highest BCUT2D eigenvalue weighted by Gasteiger charge is 2.18. The van der Waals surface area contributed by atoms with E-state index in [0.717, 1.165) is 0 Å². The molecule has 88 valence electrons. The lowest BCUT2D eigenvalue weighted by atomic mass is 10.4. The Hall–Kier alpha value is -1.03. The molecule has 0 aliphatic heterocycles. The molecule has 1 aromatic heterocycles. The number of rotatable bonds is 6. The van der Waals surface area contributed by atoms with Gasteiger partial charge in [0, 0.05) is 18.2 Å². The smallest absolute Gasteiger partial charge is 0.306 e. The van der Waals surface area contributed by atoms with Crippen LogP contribution in [0.25, 0.3) is 6.08 Å². The standard InChI is InChI=1S/C10H15N2O3P/c1-3-14-16(13,15-4-2)8-5-10-9-11-6-7-12-10/h5-9H,3-4H2,1-2H3/b8-5+. The molecule has 5 nitrogen and oxygen atoms in total. The molecule has 1 heterocycles. The summed E-state index contributed by atoms with van der Waals surface area (Å²) in [7, 11) is -3.13. The van der Waals surface area contributed by atoms with Crippen LogP contribution in [0.15, 0.2) is 24.4 Å². The summed E-state index contributed by atoms with van der Waals surface area (Å²) in [5.74, 6) is 1.41. The van der Waals surface area contributed by atoms with Gasteiger partial charge in [0.1, 0.15) is 0 Å². The second-order valence-corrected chi connectivity index (χ2v) is 4.72. The zero-order valence-corrected chi connectivity index (χ0v) is 10.3. The first-order valence-corrected chi connectivity index (χ1v) is 6.65. The molecule has 0 aliphatic carbocycles. The Bertz CT molecular complexity index is 371. The SMILES string of the molecule is CCOP(=O)(/C=C/c1cnccn1)OCC. The van der Waals surface area contributed by atoms with Crippen molar-refractivity contribution < 1.29 is 13.6 Å². The molecule has 0 aliphatic rings. The Kier molecular flexibility index (Phi) is 5.32. The van der Waals surface area contributed by atoms with E-state index in [-0.39, 0.29) is 0 Å². The first kappa shape index (κ1) is 13.0. The van der Waals surface area contributed by atoms with E-state index in [1.807, 2.05) is 0 Å². The summed E-state index contributed by atoms with van der Waals surface area (Å²) in [6.07, 6.45) is 6.28. The first-order valence-electron chi connectivity index (χ1n) is 5.04. The summed E-state index contributed by atoms with van der Waals surface area (Å²) >= 11 is 0. The molecule has 0 spiro atoms. The fourth-order valence-corrected chi connectivity index (χ4v) is 2.35. The van der Waals surface area contributed by atoms with Crippen LogP contribution >= 0.6 is 7.60 Å². The molecule has 0 amide bonds. The second-order valence-electron chi connectivity index (χ2n) is 2.82. The Morgan fingerprint density at radius 1 is 1.31 bits per heavy atom. The monoisotopic (exact) mass is 242 g/mol.